The molecule has 0 amide bonds. The van der Waals surface area contributed by atoms with Gasteiger partial charge in [-0.05, 0) is 175 Å². The molecule has 3 aromatic rings. The van der Waals surface area contributed by atoms with Gasteiger partial charge in [0.1, 0.15) is 28.7 Å². The number of esters is 5. The highest BCUT2D eigenvalue weighted by atomic mass is 16.6. The standard InChI is InChI=1S/C53H64O14/c1-3-49(55)61-31-9-6-5-8-30-60-44-24-26-46(27-25-44)67-53(59)41-16-12-38(13-17-41)36-64-47-28-29-48(43(34-47)35-54)65-37-39-14-18-42(19-15-39)52(58)66-45-22-20-40(21-23-45)51(57)63-33-11-7-10-32-62-50(56)4-2/h3-4,20-29,34-35,38-39,41-42H,1-2,5-19,30-33,36-37H2. The van der Waals surface area contributed by atoms with E-state index in [0.29, 0.717) is 111 Å². The van der Waals surface area contributed by atoms with Crippen LogP contribution in [0.15, 0.2) is 92.0 Å². The number of benzene rings is 3. The molecule has 2 aliphatic carbocycles. The van der Waals surface area contributed by atoms with Crippen molar-refractivity contribution < 1.29 is 66.7 Å². The summed E-state index contributed by atoms with van der Waals surface area (Å²) in [6, 6.07) is 18.6. The van der Waals surface area contributed by atoms with Crippen LogP contribution in [0.4, 0.5) is 0 Å². The molecule has 360 valence electrons. The first kappa shape index (κ1) is 51.5. The van der Waals surface area contributed by atoms with Gasteiger partial charge in [0.25, 0.3) is 0 Å². The predicted octanol–water partition coefficient (Wildman–Crippen LogP) is 9.81. The number of carbonyl (C=O) groups is 6. The fourth-order valence-corrected chi connectivity index (χ4v) is 7.89. The highest BCUT2D eigenvalue weighted by Crippen LogP contribution is 2.34. The molecule has 0 heterocycles. The van der Waals surface area contributed by atoms with Gasteiger partial charge in [-0.25, -0.2) is 14.4 Å². The lowest BCUT2D eigenvalue weighted by Crippen LogP contribution is -2.28. The van der Waals surface area contributed by atoms with Gasteiger partial charge >= 0.3 is 29.8 Å². The van der Waals surface area contributed by atoms with Crippen molar-refractivity contribution in [2.24, 2.45) is 23.7 Å². The summed E-state index contributed by atoms with van der Waals surface area (Å²) in [6.07, 6.45) is 14.6. The molecule has 0 saturated heterocycles. The van der Waals surface area contributed by atoms with Crippen molar-refractivity contribution in [1.29, 1.82) is 0 Å². The molecule has 0 bridgehead atoms. The minimum absolute atomic E-state index is 0.184. The normalized spacial score (nSPS) is 17.7. The second-order valence-corrected chi connectivity index (χ2v) is 16.9. The number of ether oxygens (including phenoxy) is 8. The Morgan fingerprint density at radius 2 is 0.940 bits per heavy atom. The van der Waals surface area contributed by atoms with Crippen LogP contribution in [0, 0.1) is 23.7 Å². The van der Waals surface area contributed by atoms with Crippen molar-refractivity contribution in [2.45, 2.75) is 96.3 Å². The Hall–Kier alpha value is -6.44. The molecule has 2 saturated carbocycles. The fourth-order valence-electron chi connectivity index (χ4n) is 7.89. The van der Waals surface area contributed by atoms with E-state index < -0.39 is 17.9 Å². The molecule has 2 aliphatic rings. The van der Waals surface area contributed by atoms with Crippen LogP contribution in [-0.4, -0.2) is 75.8 Å². The summed E-state index contributed by atoms with van der Waals surface area (Å²) in [5, 5.41) is 0. The van der Waals surface area contributed by atoms with E-state index in [9.17, 15) is 28.8 Å². The van der Waals surface area contributed by atoms with Gasteiger partial charge in [0.15, 0.2) is 6.29 Å². The smallest absolute Gasteiger partial charge is 0.338 e. The molecule has 2 fully saturated rings. The summed E-state index contributed by atoms with van der Waals surface area (Å²) in [7, 11) is 0. The Morgan fingerprint density at radius 1 is 0.493 bits per heavy atom. The second kappa shape index (κ2) is 28.6. The van der Waals surface area contributed by atoms with Crippen molar-refractivity contribution in [3.63, 3.8) is 0 Å². The number of aldehydes is 1. The van der Waals surface area contributed by atoms with Crippen LogP contribution in [0.25, 0.3) is 0 Å². The van der Waals surface area contributed by atoms with Gasteiger partial charge in [0.2, 0.25) is 0 Å². The highest BCUT2D eigenvalue weighted by Gasteiger charge is 2.30. The SMILES string of the molecule is C=CC(=O)OCCCCCCOc1ccc(OC(=O)C2CCC(COc3ccc(OCC4CCC(C(=O)Oc5ccc(C(=O)OCCCCCOC(=O)C=C)cc5)CC4)c(C=O)c3)CC2)cc1. The van der Waals surface area contributed by atoms with E-state index in [-0.39, 0.29) is 42.2 Å². The Kier molecular flexibility index (Phi) is 22.0. The Bertz CT molecular complexity index is 2060. The molecule has 0 unspecified atom stereocenters. The van der Waals surface area contributed by atoms with Gasteiger partial charge in [-0.2, -0.15) is 0 Å². The van der Waals surface area contributed by atoms with Crippen molar-refractivity contribution in [2.75, 3.05) is 39.6 Å². The molecule has 0 spiro atoms. The predicted molar refractivity (Wildman–Crippen MR) is 248 cm³/mol. The van der Waals surface area contributed by atoms with E-state index in [1.165, 1.54) is 0 Å². The summed E-state index contributed by atoms with van der Waals surface area (Å²) in [4.78, 5) is 72.5. The molecule has 67 heavy (non-hydrogen) atoms. The van der Waals surface area contributed by atoms with E-state index in [0.717, 1.165) is 76.2 Å². The topological polar surface area (TPSA) is 176 Å². The summed E-state index contributed by atoms with van der Waals surface area (Å²) in [6.45, 7) is 9.11. The van der Waals surface area contributed by atoms with Crippen LogP contribution in [0.5, 0.6) is 28.7 Å². The van der Waals surface area contributed by atoms with Crippen molar-refractivity contribution in [3.8, 4) is 28.7 Å². The van der Waals surface area contributed by atoms with Gasteiger partial charge in [-0.15, -0.1) is 0 Å². The highest BCUT2D eigenvalue weighted by molar-refractivity contribution is 5.89. The minimum Gasteiger partial charge on any atom is -0.494 e. The third-order valence-electron chi connectivity index (χ3n) is 11.9. The van der Waals surface area contributed by atoms with Gasteiger partial charge in [-0.1, -0.05) is 13.2 Å². The maximum Gasteiger partial charge on any atom is 0.338 e. The first-order valence-corrected chi connectivity index (χ1v) is 23.5. The van der Waals surface area contributed by atoms with Gasteiger partial charge in [0, 0.05) is 12.2 Å². The maximum absolute atomic E-state index is 13.0. The van der Waals surface area contributed by atoms with E-state index in [1.54, 1.807) is 66.7 Å². The Balaban J connectivity index is 0.919. The van der Waals surface area contributed by atoms with Crippen LogP contribution in [-0.2, 0) is 33.4 Å². The first-order valence-electron chi connectivity index (χ1n) is 23.5. The molecular formula is C53H64O14. The molecular weight excluding hydrogens is 861 g/mol. The summed E-state index contributed by atoms with van der Waals surface area (Å²) < 4.78 is 44.5. The zero-order valence-corrected chi connectivity index (χ0v) is 38.4. The van der Waals surface area contributed by atoms with Crippen molar-refractivity contribution >= 4 is 36.1 Å². The summed E-state index contributed by atoms with van der Waals surface area (Å²) >= 11 is 0. The number of rotatable bonds is 28. The molecule has 0 aromatic heterocycles. The zero-order chi connectivity index (χ0) is 47.6. The van der Waals surface area contributed by atoms with Crippen LogP contribution < -0.4 is 23.7 Å². The quantitative estimate of drug-likeness (QED) is 0.0168. The average Bonchev–Trinajstić information content (AvgIpc) is 3.36. The Morgan fingerprint density at radius 3 is 1.46 bits per heavy atom. The minimum atomic E-state index is -0.468. The first-order chi connectivity index (χ1) is 32.6. The number of hydrogen-bond donors (Lipinski definition) is 0. The van der Waals surface area contributed by atoms with Gasteiger partial charge < -0.3 is 37.9 Å². The second-order valence-electron chi connectivity index (χ2n) is 16.9. The zero-order valence-electron chi connectivity index (χ0n) is 38.4. The Labute approximate surface area is 393 Å². The van der Waals surface area contributed by atoms with Gasteiger partial charge in [0.05, 0.1) is 62.6 Å². The number of hydrogen-bond acceptors (Lipinski definition) is 14. The largest absolute Gasteiger partial charge is 0.494 e. The van der Waals surface area contributed by atoms with Crippen molar-refractivity contribution in [1.82, 2.24) is 0 Å². The summed E-state index contributed by atoms with van der Waals surface area (Å²) in [5.41, 5.74) is 0.754. The summed E-state index contributed by atoms with van der Waals surface area (Å²) in [5.74, 6) is 0.787. The molecule has 14 nitrogen and oxygen atoms in total. The molecule has 0 radical (unpaired) electrons. The van der Waals surface area contributed by atoms with Crippen LogP contribution in [0.2, 0.25) is 0 Å². The fraction of sp³-hybridized carbons (Fsp3) is 0.472. The molecule has 3 aromatic carbocycles. The van der Waals surface area contributed by atoms with E-state index in [2.05, 4.69) is 13.2 Å². The van der Waals surface area contributed by atoms with E-state index in [1.807, 2.05) is 0 Å². The van der Waals surface area contributed by atoms with E-state index in [4.69, 9.17) is 37.9 Å². The van der Waals surface area contributed by atoms with Gasteiger partial charge in [-0.3, -0.25) is 14.4 Å². The third kappa shape index (κ3) is 18.4. The monoisotopic (exact) mass is 924 g/mol. The lowest BCUT2D eigenvalue weighted by Gasteiger charge is -2.27. The molecule has 14 heteroatoms. The van der Waals surface area contributed by atoms with Crippen molar-refractivity contribution in [3.05, 3.63) is 103 Å². The lowest BCUT2D eigenvalue weighted by atomic mass is 9.82. The van der Waals surface area contributed by atoms with Crippen LogP contribution >= 0.6 is 0 Å². The number of carbonyl (C=O) groups excluding carboxylic acids is 6. The maximum atomic E-state index is 13.0. The van der Waals surface area contributed by atoms with Crippen LogP contribution in [0.3, 0.4) is 0 Å². The van der Waals surface area contributed by atoms with E-state index >= 15 is 0 Å². The molecule has 5 rings (SSSR count). The molecule has 0 aliphatic heterocycles. The molecule has 0 N–H and O–H groups in total. The lowest BCUT2D eigenvalue weighted by molar-refractivity contribution is -0.141. The average molecular weight is 925 g/mol. The van der Waals surface area contributed by atoms with Crippen LogP contribution in [0.1, 0.15) is 117 Å². The molecule has 0 atom stereocenters. The number of unbranched alkanes of at least 4 members (excludes halogenated alkanes) is 5. The third-order valence-corrected chi connectivity index (χ3v) is 11.9.